The van der Waals surface area contributed by atoms with Gasteiger partial charge in [-0.2, -0.15) is 4.48 Å². The Bertz CT molecular complexity index is 570. The maximum atomic E-state index is 12.8. The monoisotopic (exact) mass is 270 g/mol. The highest BCUT2D eigenvalue weighted by molar-refractivity contribution is 6.25. The Kier molecular flexibility index (Phi) is 3.30. The molecule has 104 valence electrons. The molecule has 1 saturated carbocycles. The predicted molar refractivity (Wildman–Crippen MR) is 78.9 cm³/mol. The summed E-state index contributed by atoms with van der Waals surface area (Å²) in [5.74, 6) is -0.0984. The number of amides is 2. The summed E-state index contributed by atoms with van der Waals surface area (Å²) in [6.07, 6.45) is 6.86. The summed E-state index contributed by atoms with van der Waals surface area (Å²) in [6, 6.07) is 9.67. The first-order valence-corrected chi connectivity index (χ1v) is 7.39. The molecule has 1 atom stereocenters. The summed E-state index contributed by atoms with van der Waals surface area (Å²) < 4.78 is -0.104. The molecule has 0 aromatic heterocycles. The van der Waals surface area contributed by atoms with E-state index in [4.69, 9.17) is 0 Å². The summed E-state index contributed by atoms with van der Waals surface area (Å²) in [5.41, 5.74) is 1.41. The summed E-state index contributed by atoms with van der Waals surface area (Å²) in [4.78, 5) is 25.5. The first-order valence-electron chi connectivity index (χ1n) is 7.39. The van der Waals surface area contributed by atoms with Crippen LogP contribution in [0.25, 0.3) is 0 Å². The molecule has 1 aromatic rings. The highest BCUT2D eigenvalue weighted by atomic mass is 16.2. The molecule has 20 heavy (non-hydrogen) atoms. The van der Waals surface area contributed by atoms with Crippen LogP contribution < -0.4 is 4.48 Å². The Morgan fingerprint density at radius 3 is 2.20 bits per heavy atom. The molecule has 0 saturated heterocycles. The summed E-state index contributed by atoms with van der Waals surface area (Å²) in [5, 5.41) is 0. The van der Waals surface area contributed by atoms with Crippen molar-refractivity contribution in [3.63, 3.8) is 0 Å². The number of carbonyl (C=O) groups is 2. The van der Waals surface area contributed by atoms with Crippen LogP contribution in [0.15, 0.2) is 42.0 Å². The van der Waals surface area contributed by atoms with Crippen LogP contribution in [0.3, 0.4) is 0 Å². The minimum absolute atomic E-state index is 0.0342. The van der Waals surface area contributed by atoms with Crippen molar-refractivity contribution in [3.8, 4) is 0 Å². The second kappa shape index (κ2) is 4.98. The predicted octanol–water partition coefficient (Wildman–Crippen LogP) is 3.34. The van der Waals surface area contributed by atoms with E-state index in [1.807, 2.05) is 30.3 Å². The lowest BCUT2D eigenvalue weighted by Crippen LogP contribution is -2.62. The van der Waals surface area contributed by atoms with Crippen molar-refractivity contribution in [2.45, 2.75) is 45.1 Å². The number of benzene rings is 1. The van der Waals surface area contributed by atoms with Crippen LogP contribution in [0.2, 0.25) is 0 Å². The molecule has 1 heterocycles. The van der Waals surface area contributed by atoms with E-state index < -0.39 is 0 Å². The van der Waals surface area contributed by atoms with Crippen molar-refractivity contribution in [1.29, 1.82) is 0 Å². The summed E-state index contributed by atoms with van der Waals surface area (Å²) in [6.45, 7) is 1.76. The van der Waals surface area contributed by atoms with Crippen LogP contribution in [0.5, 0.6) is 0 Å². The van der Waals surface area contributed by atoms with Gasteiger partial charge in [0.2, 0.25) is 0 Å². The average Bonchev–Trinajstić information content (AvgIpc) is 2.72. The third kappa shape index (κ3) is 1.77. The van der Waals surface area contributed by atoms with Crippen molar-refractivity contribution in [2.24, 2.45) is 0 Å². The second-order valence-corrected chi connectivity index (χ2v) is 5.82. The third-order valence-electron chi connectivity index (χ3n) is 4.63. The Hall–Kier alpha value is -1.74. The van der Waals surface area contributed by atoms with E-state index in [0.29, 0.717) is 5.57 Å². The van der Waals surface area contributed by atoms with Crippen LogP contribution in [0, 0.1) is 0 Å². The van der Waals surface area contributed by atoms with E-state index >= 15 is 0 Å². The zero-order valence-electron chi connectivity index (χ0n) is 11.8. The van der Waals surface area contributed by atoms with Crippen molar-refractivity contribution >= 4 is 17.5 Å². The first kappa shape index (κ1) is 13.3. The molecule has 1 aliphatic carbocycles. The zero-order valence-corrected chi connectivity index (χ0v) is 11.8. The van der Waals surface area contributed by atoms with E-state index in [-0.39, 0.29) is 22.3 Å². The van der Waals surface area contributed by atoms with Crippen molar-refractivity contribution in [1.82, 2.24) is 4.48 Å². The fraction of sp³-hybridized carbons (Fsp3) is 0.412. The average molecular weight is 270 g/mol. The molecule has 2 amide bonds. The lowest BCUT2D eigenvalue weighted by atomic mass is 9.91. The van der Waals surface area contributed by atoms with Crippen LogP contribution in [-0.4, -0.2) is 17.9 Å². The molecule has 0 N–H and O–H groups in total. The van der Waals surface area contributed by atoms with Gasteiger partial charge in [0, 0.05) is 25.0 Å². The van der Waals surface area contributed by atoms with Gasteiger partial charge in [-0.3, -0.25) is 0 Å². The van der Waals surface area contributed by atoms with Crippen LogP contribution >= 0.6 is 0 Å². The lowest BCUT2D eigenvalue weighted by Gasteiger charge is -2.38. The van der Waals surface area contributed by atoms with Gasteiger partial charge < -0.3 is 0 Å². The molecule has 3 nitrogen and oxygen atoms in total. The van der Waals surface area contributed by atoms with E-state index in [9.17, 15) is 9.59 Å². The van der Waals surface area contributed by atoms with Crippen molar-refractivity contribution in [2.75, 3.05) is 0 Å². The highest BCUT2D eigenvalue weighted by Crippen LogP contribution is 2.39. The number of carbonyl (C=O) groups excluding carboxylic acids is 2. The van der Waals surface area contributed by atoms with Gasteiger partial charge in [0.25, 0.3) is 0 Å². The molecular formula is C17H20NO2+. The third-order valence-corrected chi connectivity index (χ3v) is 4.63. The fourth-order valence-corrected chi connectivity index (χ4v) is 3.66. The number of nitrogens with zero attached hydrogens (tertiary/aromatic N) is 1. The number of para-hydroxylation sites is 1. The quantitative estimate of drug-likeness (QED) is 0.610. The van der Waals surface area contributed by atoms with Crippen LogP contribution in [0.4, 0.5) is 5.69 Å². The summed E-state index contributed by atoms with van der Waals surface area (Å²) in [7, 11) is 0. The highest BCUT2D eigenvalue weighted by Gasteiger charge is 2.56. The maximum absolute atomic E-state index is 12.8. The summed E-state index contributed by atoms with van der Waals surface area (Å²) >= 11 is 0. The Labute approximate surface area is 119 Å². The molecule has 0 radical (unpaired) electrons. The molecule has 0 spiro atoms. The van der Waals surface area contributed by atoms with Gasteiger partial charge in [0.1, 0.15) is 11.7 Å². The number of hydrogen-bond acceptors (Lipinski definition) is 2. The number of imide groups is 1. The Morgan fingerprint density at radius 1 is 1.00 bits per heavy atom. The fourth-order valence-electron chi connectivity index (χ4n) is 3.66. The van der Waals surface area contributed by atoms with Gasteiger partial charge >= 0.3 is 11.8 Å². The van der Waals surface area contributed by atoms with Gasteiger partial charge in [-0.15, -0.1) is 0 Å². The van der Waals surface area contributed by atoms with E-state index in [1.165, 1.54) is 12.5 Å². The van der Waals surface area contributed by atoms with Gasteiger partial charge in [-0.25, -0.2) is 9.59 Å². The maximum Gasteiger partial charge on any atom is 0.354 e. The zero-order chi connectivity index (χ0) is 14.2. The molecule has 3 heteroatoms. The smallest absolute Gasteiger partial charge is 0.225 e. The molecule has 0 bridgehead atoms. The SMILES string of the molecule is CC1=CC(=O)[N+](c2ccccc2)(C2CCCCC2)C1=O. The number of quaternary nitrogens is 1. The lowest BCUT2D eigenvalue weighted by molar-refractivity contribution is -0.139. The minimum Gasteiger partial charge on any atom is -0.225 e. The number of rotatable bonds is 2. The van der Waals surface area contributed by atoms with Gasteiger partial charge in [0.05, 0.1) is 11.6 Å². The molecular weight excluding hydrogens is 250 g/mol. The van der Waals surface area contributed by atoms with Gasteiger partial charge in [0.15, 0.2) is 0 Å². The normalized spacial score (nSPS) is 27.8. The first-order chi connectivity index (χ1) is 9.67. The van der Waals surface area contributed by atoms with Gasteiger partial charge in [-0.05, 0) is 19.8 Å². The van der Waals surface area contributed by atoms with E-state index in [2.05, 4.69) is 0 Å². The second-order valence-electron chi connectivity index (χ2n) is 5.82. The minimum atomic E-state index is -0.104. The molecule has 1 aromatic carbocycles. The van der Waals surface area contributed by atoms with Crippen molar-refractivity contribution in [3.05, 3.63) is 42.0 Å². The molecule has 3 rings (SSSR count). The number of hydrogen-bond donors (Lipinski definition) is 0. The van der Waals surface area contributed by atoms with Gasteiger partial charge in [-0.1, -0.05) is 24.6 Å². The van der Waals surface area contributed by atoms with Crippen LogP contribution in [0.1, 0.15) is 39.0 Å². The molecule has 1 aliphatic heterocycles. The Morgan fingerprint density at radius 2 is 1.65 bits per heavy atom. The molecule has 1 unspecified atom stereocenters. The largest absolute Gasteiger partial charge is 0.354 e. The Balaban J connectivity index is 2.13. The molecule has 2 aliphatic rings. The van der Waals surface area contributed by atoms with E-state index in [1.54, 1.807) is 6.92 Å². The standard InChI is InChI=1S/C17H20NO2/c1-13-12-16(19)18(17(13)20,14-8-4-2-5-9-14)15-10-6-3-7-11-15/h2,4-5,8-9,12,15H,3,6-7,10-11H2,1H3/q+1. The van der Waals surface area contributed by atoms with Crippen molar-refractivity contribution < 1.29 is 9.59 Å². The van der Waals surface area contributed by atoms with E-state index in [0.717, 1.165) is 31.4 Å². The van der Waals surface area contributed by atoms with Crippen LogP contribution in [-0.2, 0) is 9.59 Å². The molecule has 1 fully saturated rings. The topological polar surface area (TPSA) is 34.1 Å².